The Kier molecular flexibility index (Phi) is 5.51. The first kappa shape index (κ1) is 15.2. The normalized spacial score (nSPS) is 11.9. The molecular weight excluding hydrogens is 244 g/mol. The Labute approximate surface area is 113 Å². The van der Waals surface area contributed by atoms with E-state index >= 15 is 0 Å². The van der Waals surface area contributed by atoms with Crippen LogP contribution >= 0.6 is 0 Å². The third-order valence-electron chi connectivity index (χ3n) is 2.86. The van der Waals surface area contributed by atoms with Crippen molar-refractivity contribution in [2.75, 3.05) is 7.05 Å². The van der Waals surface area contributed by atoms with Crippen molar-refractivity contribution in [3.05, 3.63) is 35.4 Å². The molecule has 1 aromatic rings. The highest BCUT2D eigenvalue weighted by Gasteiger charge is 2.10. The Bertz CT molecular complexity index is 441. The summed E-state index contributed by atoms with van der Waals surface area (Å²) < 4.78 is 0. The zero-order chi connectivity index (χ0) is 14.4. The monoisotopic (exact) mass is 264 g/mol. The van der Waals surface area contributed by atoms with Crippen molar-refractivity contribution in [3.63, 3.8) is 0 Å². The molecule has 5 nitrogen and oxygen atoms in total. The van der Waals surface area contributed by atoms with E-state index in [9.17, 15) is 9.59 Å². The number of hydrogen-bond acceptors (Lipinski definition) is 3. The number of amides is 2. The fourth-order valence-corrected chi connectivity index (χ4v) is 1.66. The van der Waals surface area contributed by atoms with E-state index in [0.717, 1.165) is 5.56 Å². The molecule has 2 amide bonds. The number of rotatable bonds is 6. The van der Waals surface area contributed by atoms with Gasteiger partial charge in [-0.15, -0.1) is 0 Å². The minimum atomic E-state index is -0.466. The lowest BCUT2D eigenvalue weighted by Gasteiger charge is -2.17. The minimum Gasteiger partial charge on any atom is -0.393 e. The first-order valence-electron chi connectivity index (χ1n) is 6.21. The Morgan fingerprint density at radius 2 is 1.89 bits per heavy atom. The van der Waals surface area contributed by atoms with Gasteiger partial charge in [-0.05, 0) is 31.0 Å². The van der Waals surface area contributed by atoms with Crippen molar-refractivity contribution in [1.29, 1.82) is 0 Å². The van der Waals surface area contributed by atoms with Crippen molar-refractivity contribution in [2.24, 2.45) is 5.73 Å². The fourth-order valence-electron chi connectivity index (χ4n) is 1.66. The van der Waals surface area contributed by atoms with E-state index in [-0.39, 0.29) is 5.91 Å². The van der Waals surface area contributed by atoms with Gasteiger partial charge in [0.1, 0.15) is 0 Å². The molecule has 0 spiro atoms. The number of nitrogens with zero attached hydrogens (tertiary/aromatic N) is 1. The molecule has 104 valence electrons. The number of carbonyl (C=O) groups excluding carboxylic acids is 2. The van der Waals surface area contributed by atoms with Crippen LogP contribution in [0.15, 0.2) is 24.3 Å². The van der Waals surface area contributed by atoms with E-state index in [1.807, 2.05) is 0 Å². The van der Waals surface area contributed by atoms with Crippen LogP contribution in [-0.4, -0.2) is 35.0 Å². The summed E-state index contributed by atoms with van der Waals surface area (Å²) in [5.74, 6) is -0.479. The summed E-state index contributed by atoms with van der Waals surface area (Å²) in [4.78, 5) is 24.3. The number of primary amides is 1. The van der Waals surface area contributed by atoms with Crippen molar-refractivity contribution < 1.29 is 14.7 Å². The second kappa shape index (κ2) is 6.89. The van der Waals surface area contributed by atoms with Crippen LogP contribution in [0.1, 0.15) is 35.7 Å². The van der Waals surface area contributed by atoms with Gasteiger partial charge in [0.05, 0.1) is 6.10 Å². The largest absolute Gasteiger partial charge is 0.393 e. The number of aliphatic hydroxyl groups is 1. The molecule has 19 heavy (non-hydrogen) atoms. The molecule has 3 N–H and O–H groups in total. The molecule has 5 heteroatoms. The van der Waals surface area contributed by atoms with Crippen LogP contribution in [0.2, 0.25) is 0 Å². The lowest BCUT2D eigenvalue weighted by Crippen LogP contribution is -2.26. The van der Waals surface area contributed by atoms with E-state index in [1.165, 1.54) is 0 Å². The third-order valence-corrected chi connectivity index (χ3v) is 2.86. The van der Waals surface area contributed by atoms with E-state index in [2.05, 4.69) is 0 Å². The Balaban J connectivity index is 2.54. The molecular formula is C14H20N2O3. The summed E-state index contributed by atoms with van der Waals surface area (Å²) in [5, 5.41) is 9.14. The first-order valence-corrected chi connectivity index (χ1v) is 6.21. The molecule has 0 heterocycles. The van der Waals surface area contributed by atoms with Gasteiger partial charge in [0, 0.05) is 25.6 Å². The Hall–Kier alpha value is -1.88. The minimum absolute atomic E-state index is 0.0140. The van der Waals surface area contributed by atoms with Crippen molar-refractivity contribution in [1.82, 2.24) is 4.90 Å². The van der Waals surface area contributed by atoms with Crippen molar-refractivity contribution >= 4 is 11.8 Å². The second-order valence-corrected chi connectivity index (χ2v) is 4.70. The molecule has 0 saturated carbocycles. The van der Waals surface area contributed by atoms with Gasteiger partial charge in [-0.2, -0.15) is 0 Å². The Morgan fingerprint density at radius 3 is 2.37 bits per heavy atom. The van der Waals surface area contributed by atoms with Crippen LogP contribution in [0.4, 0.5) is 0 Å². The zero-order valence-electron chi connectivity index (χ0n) is 11.3. The molecule has 0 aliphatic rings. The molecule has 1 aromatic carbocycles. The molecule has 0 aromatic heterocycles. The van der Waals surface area contributed by atoms with E-state index in [0.29, 0.717) is 24.9 Å². The average molecular weight is 264 g/mol. The molecule has 0 fully saturated rings. The second-order valence-electron chi connectivity index (χ2n) is 4.70. The molecule has 0 radical (unpaired) electrons. The third kappa shape index (κ3) is 5.09. The molecule has 1 rings (SSSR count). The first-order chi connectivity index (χ1) is 8.90. The summed E-state index contributed by atoms with van der Waals surface area (Å²) in [6, 6.07) is 6.84. The van der Waals surface area contributed by atoms with Gasteiger partial charge in [-0.1, -0.05) is 12.1 Å². The molecule has 0 aliphatic heterocycles. The van der Waals surface area contributed by atoms with Crippen LogP contribution in [-0.2, 0) is 11.3 Å². The van der Waals surface area contributed by atoms with Gasteiger partial charge in [0.15, 0.2) is 0 Å². The quantitative estimate of drug-likeness (QED) is 0.801. The van der Waals surface area contributed by atoms with Crippen LogP contribution in [0, 0.1) is 0 Å². The SMILES string of the molecule is CC(O)CCC(=O)N(C)Cc1ccc(C(N)=O)cc1. The standard InChI is InChI=1S/C14H20N2O3/c1-10(17)3-8-13(18)16(2)9-11-4-6-12(7-5-11)14(15)19/h4-7,10,17H,3,8-9H2,1-2H3,(H2,15,19). The predicted octanol–water partition coefficient (Wildman–Crippen LogP) is 0.905. The van der Waals surface area contributed by atoms with Gasteiger partial charge in [-0.25, -0.2) is 0 Å². The van der Waals surface area contributed by atoms with Crippen LogP contribution in [0.5, 0.6) is 0 Å². The number of aliphatic hydroxyl groups excluding tert-OH is 1. The molecule has 1 atom stereocenters. The summed E-state index contributed by atoms with van der Waals surface area (Å²) in [6.45, 7) is 2.13. The van der Waals surface area contributed by atoms with Crippen molar-refractivity contribution in [2.45, 2.75) is 32.4 Å². The number of hydrogen-bond donors (Lipinski definition) is 2. The van der Waals surface area contributed by atoms with Crippen molar-refractivity contribution in [3.8, 4) is 0 Å². The fraction of sp³-hybridized carbons (Fsp3) is 0.429. The molecule has 1 unspecified atom stereocenters. The number of carbonyl (C=O) groups is 2. The number of benzene rings is 1. The van der Waals surface area contributed by atoms with Gasteiger partial charge in [0.2, 0.25) is 11.8 Å². The highest BCUT2D eigenvalue weighted by Crippen LogP contribution is 2.08. The van der Waals surface area contributed by atoms with Crippen LogP contribution < -0.4 is 5.73 Å². The maximum atomic E-state index is 11.8. The predicted molar refractivity (Wildman–Crippen MR) is 72.3 cm³/mol. The lowest BCUT2D eigenvalue weighted by molar-refractivity contribution is -0.131. The van der Waals surface area contributed by atoms with E-state index in [4.69, 9.17) is 10.8 Å². The van der Waals surface area contributed by atoms with E-state index < -0.39 is 12.0 Å². The lowest BCUT2D eigenvalue weighted by atomic mass is 10.1. The maximum Gasteiger partial charge on any atom is 0.248 e. The molecule has 0 bridgehead atoms. The van der Waals surface area contributed by atoms with Gasteiger partial charge in [0.25, 0.3) is 0 Å². The average Bonchev–Trinajstić information content (AvgIpc) is 2.36. The highest BCUT2D eigenvalue weighted by molar-refractivity contribution is 5.92. The highest BCUT2D eigenvalue weighted by atomic mass is 16.3. The van der Waals surface area contributed by atoms with Crippen LogP contribution in [0.25, 0.3) is 0 Å². The zero-order valence-corrected chi connectivity index (χ0v) is 11.3. The smallest absolute Gasteiger partial charge is 0.248 e. The van der Waals surface area contributed by atoms with Gasteiger partial charge >= 0.3 is 0 Å². The summed E-state index contributed by atoms with van der Waals surface area (Å²) in [6.07, 6.45) is 0.323. The Morgan fingerprint density at radius 1 is 1.32 bits per heavy atom. The summed E-state index contributed by atoms with van der Waals surface area (Å²) >= 11 is 0. The molecule has 0 saturated heterocycles. The molecule has 0 aliphatic carbocycles. The van der Waals surface area contributed by atoms with Gasteiger partial charge < -0.3 is 15.7 Å². The number of nitrogens with two attached hydrogens (primary N) is 1. The topological polar surface area (TPSA) is 83.6 Å². The summed E-state index contributed by atoms with van der Waals surface area (Å²) in [7, 11) is 1.71. The van der Waals surface area contributed by atoms with Crippen LogP contribution in [0.3, 0.4) is 0 Å². The maximum absolute atomic E-state index is 11.8. The summed E-state index contributed by atoms with van der Waals surface area (Å²) in [5.41, 5.74) is 6.53. The van der Waals surface area contributed by atoms with E-state index in [1.54, 1.807) is 43.1 Å². The van der Waals surface area contributed by atoms with Gasteiger partial charge in [-0.3, -0.25) is 9.59 Å².